The molecule has 0 amide bonds. The van der Waals surface area contributed by atoms with Crippen LogP contribution >= 0.6 is 0 Å². The lowest BCUT2D eigenvalue weighted by molar-refractivity contribution is 0.0692. The van der Waals surface area contributed by atoms with Crippen molar-refractivity contribution in [1.82, 2.24) is 10.2 Å². The molecule has 4 nitrogen and oxygen atoms in total. The molecule has 0 heterocycles. The van der Waals surface area contributed by atoms with E-state index in [0.717, 1.165) is 18.2 Å². The van der Waals surface area contributed by atoms with Crippen molar-refractivity contribution >= 4 is 5.97 Å². The van der Waals surface area contributed by atoms with Gasteiger partial charge in [-0.15, -0.1) is 0 Å². The number of hydrogen-bond acceptors (Lipinski definition) is 3. The highest BCUT2D eigenvalue weighted by Crippen LogP contribution is 2.26. The third-order valence-electron chi connectivity index (χ3n) is 3.85. The zero-order valence-corrected chi connectivity index (χ0v) is 11.9. The molecule has 1 aliphatic carbocycles. The number of rotatable bonds is 7. The number of benzene rings is 1. The summed E-state index contributed by atoms with van der Waals surface area (Å²) in [5.74, 6) is -1.92. The number of halogens is 1. The van der Waals surface area contributed by atoms with E-state index in [1.165, 1.54) is 25.0 Å². The fraction of sp³-hybridized carbons (Fsp3) is 0.533. The Bertz CT molecular complexity index is 489. The number of carboxylic acids is 1. The van der Waals surface area contributed by atoms with E-state index < -0.39 is 11.8 Å². The maximum absolute atomic E-state index is 13.5. The SMILES string of the molecule is CC(CNCc1ccc(C(=O)O)c(F)c1)N(C)C1CC1. The van der Waals surface area contributed by atoms with Gasteiger partial charge in [0.25, 0.3) is 0 Å². The predicted octanol–water partition coefficient (Wildman–Crippen LogP) is 2.10. The highest BCUT2D eigenvalue weighted by atomic mass is 19.1. The van der Waals surface area contributed by atoms with Gasteiger partial charge in [-0.1, -0.05) is 6.07 Å². The van der Waals surface area contributed by atoms with Crippen molar-refractivity contribution in [3.63, 3.8) is 0 Å². The van der Waals surface area contributed by atoms with Gasteiger partial charge in [-0.05, 0) is 44.5 Å². The third-order valence-corrected chi connectivity index (χ3v) is 3.85. The van der Waals surface area contributed by atoms with Crippen LogP contribution in [-0.2, 0) is 6.54 Å². The van der Waals surface area contributed by atoms with E-state index in [1.54, 1.807) is 6.07 Å². The van der Waals surface area contributed by atoms with E-state index in [9.17, 15) is 9.18 Å². The minimum absolute atomic E-state index is 0.282. The molecule has 0 bridgehead atoms. The molecule has 1 atom stereocenters. The molecule has 1 aromatic carbocycles. The number of aromatic carboxylic acids is 1. The van der Waals surface area contributed by atoms with Crippen LogP contribution in [0.2, 0.25) is 0 Å². The topological polar surface area (TPSA) is 52.6 Å². The molecule has 1 fully saturated rings. The first-order valence-corrected chi connectivity index (χ1v) is 6.93. The number of nitrogens with one attached hydrogen (secondary N) is 1. The third kappa shape index (κ3) is 3.77. The van der Waals surface area contributed by atoms with Crippen LogP contribution in [0, 0.1) is 5.82 Å². The molecule has 1 unspecified atom stereocenters. The van der Waals surface area contributed by atoms with Crippen molar-refractivity contribution in [2.45, 2.75) is 38.4 Å². The monoisotopic (exact) mass is 280 g/mol. The Morgan fingerprint density at radius 3 is 2.80 bits per heavy atom. The van der Waals surface area contributed by atoms with E-state index in [1.807, 2.05) is 0 Å². The van der Waals surface area contributed by atoms with Crippen molar-refractivity contribution < 1.29 is 14.3 Å². The van der Waals surface area contributed by atoms with Crippen LogP contribution in [0.25, 0.3) is 0 Å². The molecule has 0 aromatic heterocycles. The van der Waals surface area contributed by atoms with Gasteiger partial charge in [0.15, 0.2) is 0 Å². The number of likely N-dealkylation sites (N-methyl/N-ethyl adjacent to an activating group) is 1. The van der Waals surface area contributed by atoms with Gasteiger partial charge in [-0.3, -0.25) is 4.90 Å². The molecule has 0 aliphatic heterocycles. The van der Waals surface area contributed by atoms with E-state index in [0.29, 0.717) is 12.6 Å². The molecular weight excluding hydrogens is 259 g/mol. The summed E-state index contributed by atoms with van der Waals surface area (Å²) in [7, 11) is 2.13. The molecule has 20 heavy (non-hydrogen) atoms. The zero-order valence-electron chi connectivity index (χ0n) is 11.9. The minimum Gasteiger partial charge on any atom is -0.478 e. The predicted molar refractivity (Wildman–Crippen MR) is 75.3 cm³/mol. The van der Waals surface area contributed by atoms with Gasteiger partial charge in [-0.25, -0.2) is 9.18 Å². The summed E-state index contributed by atoms with van der Waals surface area (Å²) in [6.07, 6.45) is 2.56. The summed E-state index contributed by atoms with van der Waals surface area (Å²) in [6, 6.07) is 5.40. The van der Waals surface area contributed by atoms with E-state index in [-0.39, 0.29) is 5.56 Å². The average molecular weight is 280 g/mol. The van der Waals surface area contributed by atoms with Crippen LogP contribution in [0.5, 0.6) is 0 Å². The van der Waals surface area contributed by atoms with Crippen molar-refractivity contribution in [2.24, 2.45) is 0 Å². The summed E-state index contributed by atoms with van der Waals surface area (Å²) in [4.78, 5) is 13.1. The summed E-state index contributed by atoms with van der Waals surface area (Å²) in [6.45, 7) is 3.54. The second-order valence-corrected chi connectivity index (χ2v) is 5.50. The van der Waals surface area contributed by atoms with Crippen molar-refractivity contribution in [2.75, 3.05) is 13.6 Å². The molecule has 0 saturated heterocycles. The molecule has 0 radical (unpaired) electrons. The summed E-state index contributed by atoms with van der Waals surface area (Å²) in [5.41, 5.74) is 0.476. The van der Waals surface area contributed by atoms with Crippen LogP contribution < -0.4 is 5.32 Å². The molecular formula is C15H21FN2O2. The lowest BCUT2D eigenvalue weighted by Crippen LogP contribution is -2.38. The zero-order chi connectivity index (χ0) is 14.7. The Morgan fingerprint density at radius 1 is 1.55 bits per heavy atom. The molecule has 2 rings (SSSR count). The fourth-order valence-electron chi connectivity index (χ4n) is 2.25. The van der Waals surface area contributed by atoms with Gasteiger partial charge < -0.3 is 10.4 Å². The van der Waals surface area contributed by atoms with Crippen LogP contribution in [0.4, 0.5) is 4.39 Å². The Balaban J connectivity index is 1.81. The fourth-order valence-corrected chi connectivity index (χ4v) is 2.25. The second kappa shape index (κ2) is 6.33. The van der Waals surface area contributed by atoms with E-state index >= 15 is 0 Å². The number of carboxylic acid groups (broad SMARTS) is 1. The van der Waals surface area contributed by atoms with Gasteiger partial charge in [0.05, 0.1) is 5.56 Å². The smallest absolute Gasteiger partial charge is 0.338 e. The lowest BCUT2D eigenvalue weighted by Gasteiger charge is -2.24. The maximum Gasteiger partial charge on any atom is 0.338 e. The minimum atomic E-state index is -1.23. The van der Waals surface area contributed by atoms with Gasteiger partial charge in [0, 0.05) is 25.2 Å². The molecule has 1 saturated carbocycles. The van der Waals surface area contributed by atoms with E-state index in [4.69, 9.17) is 5.11 Å². The van der Waals surface area contributed by atoms with Gasteiger partial charge in [0.1, 0.15) is 5.82 Å². The Morgan fingerprint density at radius 2 is 2.25 bits per heavy atom. The van der Waals surface area contributed by atoms with Crippen molar-refractivity contribution in [3.8, 4) is 0 Å². The van der Waals surface area contributed by atoms with Crippen LogP contribution in [-0.4, -0.2) is 41.7 Å². The summed E-state index contributed by atoms with van der Waals surface area (Å²) in [5, 5.41) is 12.0. The van der Waals surface area contributed by atoms with Gasteiger partial charge in [0.2, 0.25) is 0 Å². The standard InChI is InChI=1S/C15H21FN2O2/c1-10(18(2)12-4-5-12)8-17-9-11-3-6-13(15(19)20)14(16)7-11/h3,6-7,10,12,17H,4-5,8-9H2,1-2H3,(H,19,20). The van der Waals surface area contributed by atoms with Crippen LogP contribution in [0.15, 0.2) is 18.2 Å². The first-order chi connectivity index (χ1) is 9.49. The van der Waals surface area contributed by atoms with Crippen molar-refractivity contribution in [1.29, 1.82) is 0 Å². The molecule has 110 valence electrons. The Hall–Kier alpha value is -1.46. The summed E-state index contributed by atoms with van der Waals surface area (Å²) >= 11 is 0. The molecule has 0 spiro atoms. The maximum atomic E-state index is 13.5. The molecule has 5 heteroatoms. The van der Waals surface area contributed by atoms with Crippen LogP contribution in [0.3, 0.4) is 0 Å². The number of carbonyl (C=O) groups is 1. The average Bonchev–Trinajstić information content (AvgIpc) is 3.21. The number of hydrogen-bond donors (Lipinski definition) is 2. The van der Waals surface area contributed by atoms with Gasteiger partial charge in [-0.2, -0.15) is 0 Å². The van der Waals surface area contributed by atoms with Crippen LogP contribution in [0.1, 0.15) is 35.7 Å². The summed E-state index contributed by atoms with van der Waals surface area (Å²) < 4.78 is 13.5. The molecule has 1 aromatic rings. The van der Waals surface area contributed by atoms with E-state index in [2.05, 4.69) is 24.2 Å². The molecule has 2 N–H and O–H groups in total. The quantitative estimate of drug-likeness (QED) is 0.803. The Labute approximate surface area is 118 Å². The van der Waals surface area contributed by atoms with Crippen molar-refractivity contribution in [3.05, 3.63) is 35.1 Å². The first-order valence-electron chi connectivity index (χ1n) is 6.93. The largest absolute Gasteiger partial charge is 0.478 e. The number of nitrogens with zero attached hydrogens (tertiary/aromatic N) is 1. The second-order valence-electron chi connectivity index (χ2n) is 5.50. The lowest BCUT2D eigenvalue weighted by atomic mass is 10.1. The Kier molecular flexibility index (Phi) is 4.73. The normalized spacial score (nSPS) is 16.4. The molecule has 1 aliphatic rings. The first kappa shape index (κ1) is 14.9. The highest BCUT2D eigenvalue weighted by Gasteiger charge is 2.28. The van der Waals surface area contributed by atoms with Gasteiger partial charge >= 0.3 is 5.97 Å². The highest BCUT2D eigenvalue weighted by molar-refractivity contribution is 5.87.